The second-order valence-corrected chi connectivity index (χ2v) is 9.78. The molecule has 1 heteroatoms. The standard InChI is InChI=1S/C34H24O/c35-34-21-33-30-8-4-3-6-28(30)27-5-1-2-7-29(27)31(33)18-17-26-19-22-9-10-23-12-14-25(32(34)20-23)16-15-24(26)13-11-22/h1-8,11-14,19-20H,9-10,15-16,21H2. The zero-order valence-electron chi connectivity index (χ0n) is 19.5. The van der Waals surface area contributed by atoms with Gasteiger partial charge in [-0.15, -0.1) is 0 Å². The van der Waals surface area contributed by atoms with Gasteiger partial charge in [-0.3, -0.25) is 4.79 Å². The van der Waals surface area contributed by atoms with Gasteiger partial charge >= 0.3 is 0 Å². The van der Waals surface area contributed by atoms with E-state index >= 15 is 0 Å². The van der Waals surface area contributed by atoms with Crippen LogP contribution in [0.3, 0.4) is 0 Å². The van der Waals surface area contributed by atoms with E-state index in [4.69, 9.17) is 0 Å². The molecule has 0 aliphatic heterocycles. The maximum atomic E-state index is 14.0. The highest BCUT2D eigenvalue weighted by molar-refractivity contribution is 6.13. The van der Waals surface area contributed by atoms with Gasteiger partial charge in [0, 0.05) is 23.1 Å². The van der Waals surface area contributed by atoms with E-state index in [2.05, 4.69) is 96.8 Å². The Bertz CT molecular complexity index is 1740. The molecule has 0 N–H and O–H groups in total. The van der Waals surface area contributed by atoms with Crippen molar-refractivity contribution in [1.82, 2.24) is 0 Å². The van der Waals surface area contributed by atoms with Crippen molar-refractivity contribution in [3.05, 3.63) is 129 Å². The molecule has 35 heavy (non-hydrogen) atoms. The van der Waals surface area contributed by atoms with Crippen molar-refractivity contribution in [2.45, 2.75) is 32.1 Å². The van der Waals surface area contributed by atoms with E-state index < -0.39 is 0 Å². The SMILES string of the molecule is O=C1Cc2c(c3ccccc3c3ccccc23)C#Cc2cc3ccc2CCc2ccc(cc21)CC3. The first kappa shape index (κ1) is 20.2. The average molecular weight is 449 g/mol. The van der Waals surface area contributed by atoms with Crippen LogP contribution in [-0.4, -0.2) is 5.78 Å². The van der Waals surface area contributed by atoms with Gasteiger partial charge in [0.15, 0.2) is 5.78 Å². The molecular weight excluding hydrogens is 424 g/mol. The molecule has 1 nitrogen and oxygen atoms in total. The Morgan fingerprint density at radius 1 is 0.571 bits per heavy atom. The zero-order chi connectivity index (χ0) is 23.4. The quantitative estimate of drug-likeness (QED) is 0.184. The summed E-state index contributed by atoms with van der Waals surface area (Å²) < 4.78 is 0. The fourth-order valence-electron chi connectivity index (χ4n) is 5.85. The summed E-state index contributed by atoms with van der Waals surface area (Å²) in [7, 11) is 0. The second kappa shape index (κ2) is 7.97. The first-order chi connectivity index (χ1) is 17.2. The highest BCUT2D eigenvalue weighted by Gasteiger charge is 2.20. The van der Waals surface area contributed by atoms with Crippen LogP contribution in [0.5, 0.6) is 0 Å². The molecule has 0 spiro atoms. The number of benzene rings is 5. The van der Waals surface area contributed by atoms with Crippen molar-refractivity contribution in [2.24, 2.45) is 0 Å². The third-order valence-electron chi connectivity index (χ3n) is 7.72. The Labute approximate surface area is 205 Å². The molecule has 5 aromatic rings. The number of rotatable bonds is 0. The first-order valence-corrected chi connectivity index (χ1v) is 12.5. The minimum atomic E-state index is 0.192. The Balaban J connectivity index is 1.62. The van der Waals surface area contributed by atoms with E-state index in [0.29, 0.717) is 6.42 Å². The maximum Gasteiger partial charge on any atom is 0.167 e. The van der Waals surface area contributed by atoms with Crippen molar-refractivity contribution in [2.75, 3.05) is 0 Å². The lowest BCUT2D eigenvalue weighted by molar-refractivity contribution is 0.0992. The second-order valence-electron chi connectivity index (χ2n) is 9.78. The molecular formula is C34H24O. The van der Waals surface area contributed by atoms with E-state index in [0.717, 1.165) is 64.3 Å². The summed E-state index contributed by atoms with van der Waals surface area (Å²) in [4.78, 5) is 14.0. The number of carbonyl (C=O) groups is 1. The number of Topliss-reactive ketones (excluding diaryl/α,β-unsaturated/α-hetero) is 1. The van der Waals surface area contributed by atoms with Crippen LogP contribution in [-0.2, 0) is 32.1 Å². The third-order valence-corrected chi connectivity index (χ3v) is 7.72. The van der Waals surface area contributed by atoms with Gasteiger partial charge < -0.3 is 0 Å². The molecule has 0 fully saturated rings. The van der Waals surface area contributed by atoms with Gasteiger partial charge in [-0.1, -0.05) is 84.6 Å². The van der Waals surface area contributed by atoms with Crippen LogP contribution in [0.1, 0.15) is 49.3 Å². The van der Waals surface area contributed by atoms with Gasteiger partial charge in [0.25, 0.3) is 0 Å². The van der Waals surface area contributed by atoms with Crippen molar-refractivity contribution in [3.8, 4) is 11.8 Å². The fraction of sp³-hybridized carbons (Fsp3) is 0.147. The summed E-state index contributed by atoms with van der Waals surface area (Å²) >= 11 is 0. The molecule has 6 bridgehead atoms. The van der Waals surface area contributed by atoms with Crippen LogP contribution in [0.15, 0.2) is 84.9 Å². The van der Waals surface area contributed by atoms with E-state index in [1.54, 1.807) is 0 Å². The fourth-order valence-corrected chi connectivity index (χ4v) is 5.85. The highest BCUT2D eigenvalue weighted by atomic mass is 16.1. The summed E-state index contributed by atoms with van der Waals surface area (Å²) in [5.74, 6) is 7.34. The Hall–Kier alpha value is -4.15. The van der Waals surface area contributed by atoms with Gasteiger partial charge in [-0.05, 0) is 87.2 Å². The van der Waals surface area contributed by atoms with Gasteiger partial charge in [0.2, 0.25) is 0 Å². The topological polar surface area (TPSA) is 17.1 Å². The van der Waals surface area contributed by atoms with E-state index in [-0.39, 0.29) is 5.78 Å². The number of carbonyl (C=O) groups excluding carboxylic acids is 1. The third kappa shape index (κ3) is 3.37. The Morgan fingerprint density at radius 3 is 2.00 bits per heavy atom. The molecule has 0 aromatic heterocycles. The number of hydrogen-bond donors (Lipinski definition) is 0. The van der Waals surface area contributed by atoms with Crippen LogP contribution in [0.25, 0.3) is 21.5 Å². The molecule has 0 unspecified atom stereocenters. The Kier molecular flexibility index (Phi) is 4.61. The molecule has 0 amide bonds. The minimum absolute atomic E-state index is 0.192. The van der Waals surface area contributed by atoms with Crippen LogP contribution in [0.2, 0.25) is 0 Å². The predicted molar refractivity (Wildman–Crippen MR) is 143 cm³/mol. The smallest absolute Gasteiger partial charge is 0.167 e. The largest absolute Gasteiger partial charge is 0.294 e. The van der Waals surface area contributed by atoms with Crippen LogP contribution in [0.4, 0.5) is 0 Å². The predicted octanol–water partition coefficient (Wildman–Crippen LogP) is 7.02. The van der Waals surface area contributed by atoms with E-state index in [9.17, 15) is 4.79 Å². The van der Waals surface area contributed by atoms with Crippen molar-refractivity contribution in [1.29, 1.82) is 0 Å². The van der Waals surface area contributed by atoms with Crippen molar-refractivity contribution >= 4 is 27.3 Å². The van der Waals surface area contributed by atoms with Crippen LogP contribution >= 0.6 is 0 Å². The number of ketones is 1. The normalized spacial score (nSPS) is 14.3. The molecule has 0 saturated heterocycles. The Morgan fingerprint density at radius 2 is 1.20 bits per heavy atom. The number of fused-ring (bicyclic) bond motifs is 6. The molecule has 0 heterocycles. The lowest BCUT2D eigenvalue weighted by Crippen LogP contribution is -2.12. The van der Waals surface area contributed by atoms with Gasteiger partial charge in [-0.2, -0.15) is 0 Å². The molecule has 0 saturated carbocycles. The van der Waals surface area contributed by atoms with Gasteiger partial charge in [0.05, 0.1) is 0 Å². The van der Waals surface area contributed by atoms with Crippen LogP contribution < -0.4 is 0 Å². The lowest BCUT2D eigenvalue weighted by Gasteiger charge is -2.18. The zero-order valence-corrected chi connectivity index (χ0v) is 19.5. The maximum absolute atomic E-state index is 14.0. The summed E-state index contributed by atoms with van der Waals surface area (Å²) in [6.07, 6.45) is 3.97. The summed E-state index contributed by atoms with van der Waals surface area (Å²) in [5.41, 5.74) is 8.98. The molecule has 10 rings (SSSR count). The molecule has 5 aliphatic carbocycles. The van der Waals surface area contributed by atoms with Crippen molar-refractivity contribution in [3.63, 3.8) is 0 Å². The van der Waals surface area contributed by atoms with E-state index in [1.807, 2.05) is 0 Å². The minimum Gasteiger partial charge on any atom is -0.294 e. The molecule has 0 radical (unpaired) electrons. The summed E-state index contributed by atoms with van der Waals surface area (Å²) in [6.45, 7) is 0. The lowest BCUT2D eigenvalue weighted by atomic mass is 9.85. The summed E-state index contributed by atoms with van der Waals surface area (Å²) in [5, 5.41) is 4.62. The molecule has 0 atom stereocenters. The number of hydrogen-bond acceptors (Lipinski definition) is 1. The molecule has 166 valence electrons. The van der Waals surface area contributed by atoms with E-state index in [1.165, 1.54) is 27.5 Å². The first-order valence-electron chi connectivity index (χ1n) is 12.5. The summed E-state index contributed by atoms with van der Waals surface area (Å²) in [6, 6.07) is 30.3. The molecule has 5 aromatic carbocycles. The monoisotopic (exact) mass is 448 g/mol. The van der Waals surface area contributed by atoms with Crippen LogP contribution in [0, 0.1) is 11.8 Å². The van der Waals surface area contributed by atoms with Gasteiger partial charge in [-0.25, -0.2) is 0 Å². The number of aryl methyl sites for hydroxylation is 4. The average Bonchev–Trinajstić information content (AvgIpc) is 2.89. The van der Waals surface area contributed by atoms with Crippen molar-refractivity contribution < 1.29 is 4.79 Å². The molecule has 5 aliphatic rings. The van der Waals surface area contributed by atoms with Gasteiger partial charge in [0.1, 0.15) is 0 Å². The highest BCUT2D eigenvalue weighted by Crippen LogP contribution is 2.34.